The van der Waals surface area contributed by atoms with E-state index in [1.54, 1.807) is 0 Å². The second-order valence-electron chi connectivity index (χ2n) is 5.82. The van der Waals surface area contributed by atoms with Crippen molar-refractivity contribution in [2.45, 2.75) is 20.4 Å². The number of nitrogens with zero attached hydrogens (tertiary/aromatic N) is 1. The maximum absolute atomic E-state index is 12.6. The molecule has 0 aliphatic carbocycles. The van der Waals surface area contributed by atoms with Crippen LogP contribution in [0.3, 0.4) is 0 Å². The molecule has 2 aromatic rings. The first-order valence-corrected chi connectivity index (χ1v) is 7.76. The molecule has 4 nitrogen and oxygen atoms in total. The number of rotatable bonds is 5. The van der Waals surface area contributed by atoms with E-state index in [1.165, 1.54) is 4.90 Å². The summed E-state index contributed by atoms with van der Waals surface area (Å²) in [6.45, 7) is 4.82. The molecule has 4 heteroatoms. The predicted molar refractivity (Wildman–Crippen MR) is 91.9 cm³/mol. The molecule has 1 N–H and O–H groups in total. The average molecular weight is 310 g/mol. The minimum Gasteiger partial charge on any atom is -0.348 e. The van der Waals surface area contributed by atoms with Gasteiger partial charge < -0.3 is 5.32 Å². The fourth-order valence-corrected chi connectivity index (χ4v) is 2.15. The molecular formula is C19H22N2O2. The molecule has 0 aliphatic rings. The predicted octanol–water partition coefficient (Wildman–Crippen LogP) is 2.99. The van der Waals surface area contributed by atoms with E-state index in [-0.39, 0.29) is 0 Å². The smallest absolute Gasteiger partial charge is 0.316 e. The Morgan fingerprint density at radius 3 is 2.09 bits per heavy atom. The molecular weight excluding hydrogens is 288 g/mol. The van der Waals surface area contributed by atoms with Crippen molar-refractivity contribution in [2.75, 3.05) is 11.4 Å². The van der Waals surface area contributed by atoms with Crippen LogP contribution < -0.4 is 10.2 Å². The summed E-state index contributed by atoms with van der Waals surface area (Å²) >= 11 is 0. The summed E-state index contributed by atoms with van der Waals surface area (Å²) in [7, 11) is 0. The van der Waals surface area contributed by atoms with E-state index in [0.29, 0.717) is 24.7 Å². The summed E-state index contributed by atoms with van der Waals surface area (Å²) < 4.78 is 0. The van der Waals surface area contributed by atoms with Crippen LogP contribution in [0.1, 0.15) is 19.4 Å². The van der Waals surface area contributed by atoms with Crippen molar-refractivity contribution < 1.29 is 9.59 Å². The highest BCUT2D eigenvalue weighted by atomic mass is 16.2. The maximum Gasteiger partial charge on any atom is 0.316 e. The van der Waals surface area contributed by atoms with E-state index in [0.717, 1.165) is 5.56 Å². The van der Waals surface area contributed by atoms with Gasteiger partial charge in [0.1, 0.15) is 0 Å². The number of para-hydroxylation sites is 1. The Morgan fingerprint density at radius 2 is 1.52 bits per heavy atom. The van der Waals surface area contributed by atoms with E-state index in [4.69, 9.17) is 0 Å². The molecule has 0 atom stereocenters. The van der Waals surface area contributed by atoms with Gasteiger partial charge >= 0.3 is 11.8 Å². The van der Waals surface area contributed by atoms with Gasteiger partial charge in [-0.15, -0.1) is 0 Å². The van der Waals surface area contributed by atoms with Crippen molar-refractivity contribution in [3.63, 3.8) is 0 Å². The minimum atomic E-state index is -0.571. The van der Waals surface area contributed by atoms with Gasteiger partial charge in [-0.2, -0.15) is 0 Å². The van der Waals surface area contributed by atoms with Gasteiger partial charge in [0.15, 0.2) is 0 Å². The lowest BCUT2D eigenvalue weighted by atomic mass is 10.2. The van der Waals surface area contributed by atoms with E-state index < -0.39 is 11.8 Å². The molecule has 0 aromatic heterocycles. The lowest BCUT2D eigenvalue weighted by Crippen LogP contribution is -2.43. The first kappa shape index (κ1) is 16.7. The highest BCUT2D eigenvalue weighted by molar-refractivity contribution is 6.40. The number of anilines is 1. The molecule has 23 heavy (non-hydrogen) atoms. The zero-order chi connectivity index (χ0) is 16.7. The van der Waals surface area contributed by atoms with Gasteiger partial charge in [-0.05, 0) is 23.6 Å². The zero-order valence-electron chi connectivity index (χ0n) is 13.5. The molecule has 0 radical (unpaired) electrons. The molecule has 2 aromatic carbocycles. The van der Waals surface area contributed by atoms with E-state index in [9.17, 15) is 9.59 Å². The zero-order valence-corrected chi connectivity index (χ0v) is 13.5. The lowest BCUT2D eigenvalue weighted by molar-refractivity contribution is -0.137. The average Bonchev–Trinajstić information content (AvgIpc) is 2.58. The Kier molecular flexibility index (Phi) is 5.92. The van der Waals surface area contributed by atoms with Gasteiger partial charge in [0.25, 0.3) is 0 Å². The van der Waals surface area contributed by atoms with Crippen molar-refractivity contribution in [1.82, 2.24) is 5.32 Å². The number of hydrogen-bond acceptors (Lipinski definition) is 2. The summed E-state index contributed by atoms with van der Waals surface area (Å²) in [5.74, 6) is -0.815. The van der Waals surface area contributed by atoms with Crippen molar-refractivity contribution >= 4 is 17.5 Å². The number of hydrogen-bond donors (Lipinski definition) is 1. The highest BCUT2D eigenvalue weighted by Gasteiger charge is 2.23. The van der Waals surface area contributed by atoms with Gasteiger partial charge in [-0.3, -0.25) is 14.5 Å². The summed E-state index contributed by atoms with van der Waals surface area (Å²) in [5, 5.41) is 2.69. The number of carbonyl (C=O) groups excluding carboxylic acids is 2. The molecule has 0 bridgehead atoms. The number of carbonyl (C=O) groups is 2. The maximum atomic E-state index is 12.6. The molecule has 0 saturated carbocycles. The van der Waals surface area contributed by atoms with Crippen LogP contribution in [0.2, 0.25) is 0 Å². The van der Waals surface area contributed by atoms with E-state index >= 15 is 0 Å². The molecule has 0 fully saturated rings. The molecule has 2 amide bonds. The minimum absolute atomic E-state index is 0.297. The monoisotopic (exact) mass is 310 g/mol. The molecule has 0 unspecified atom stereocenters. The van der Waals surface area contributed by atoms with Crippen LogP contribution in [0.25, 0.3) is 0 Å². The summed E-state index contributed by atoms with van der Waals surface area (Å²) in [6.07, 6.45) is 0. The van der Waals surface area contributed by atoms with Crippen LogP contribution in [0, 0.1) is 5.92 Å². The Bertz CT molecular complexity index is 639. The van der Waals surface area contributed by atoms with Gasteiger partial charge in [0, 0.05) is 12.2 Å². The molecule has 0 saturated heterocycles. The highest BCUT2D eigenvalue weighted by Crippen LogP contribution is 2.17. The number of nitrogens with one attached hydrogen (secondary N) is 1. The Labute approximate surface area is 137 Å². The van der Waals surface area contributed by atoms with Crippen molar-refractivity contribution in [2.24, 2.45) is 5.92 Å². The van der Waals surface area contributed by atoms with Crippen LogP contribution in [0.5, 0.6) is 0 Å². The second kappa shape index (κ2) is 8.13. The number of benzene rings is 2. The summed E-state index contributed by atoms with van der Waals surface area (Å²) in [5.41, 5.74) is 1.68. The van der Waals surface area contributed by atoms with Crippen LogP contribution in [0.4, 0.5) is 5.69 Å². The molecule has 2 rings (SSSR count). The summed E-state index contributed by atoms with van der Waals surface area (Å²) in [6, 6.07) is 18.9. The summed E-state index contributed by atoms with van der Waals surface area (Å²) in [4.78, 5) is 26.2. The van der Waals surface area contributed by atoms with Crippen LogP contribution in [-0.4, -0.2) is 18.4 Å². The molecule has 0 spiro atoms. The Hall–Kier alpha value is -2.62. The van der Waals surface area contributed by atoms with Crippen molar-refractivity contribution in [3.05, 3.63) is 66.2 Å². The first-order valence-electron chi connectivity index (χ1n) is 7.76. The molecule has 0 heterocycles. The largest absolute Gasteiger partial charge is 0.348 e. The topological polar surface area (TPSA) is 49.4 Å². The fraction of sp³-hybridized carbons (Fsp3) is 0.263. The Morgan fingerprint density at radius 1 is 0.957 bits per heavy atom. The normalized spacial score (nSPS) is 10.4. The standard InChI is InChI=1S/C19H22N2O2/c1-15(2)13-20-18(22)19(23)21(17-11-7-4-8-12-17)14-16-9-5-3-6-10-16/h3-12,15H,13-14H2,1-2H3,(H,20,22). The van der Waals surface area contributed by atoms with Crippen LogP contribution in [-0.2, 0) is 16.1 Å². The third-order valence-electron chi connectivity index (χ3n) is 3.36. The lowest BCUT2D eigenvalue weighted by Gasteiger charge is -2.22. The van der Waals surface area contributed by atoms with Crippen LogP contribution in [0.15, 0.2) is 60.7 Å². The molecule has 0 aliphatic heterocycles. The first-order chi connectivity index (χ1) is 11.1. The molecule has 120 valence electrons. The second-order valence-corrected chi connectivity index (χ2v) is 5.82. The van der Waals surface area contributed by atoms with Gasteiger partial charge in [0.2, 0.25) is 0 Å². The van der Waals surface area contributed by atoms with Crippen molar-refractivity contribution in [3.8, 4) is 0 Å². The third-order valence-corrected chi connectivity index (χ3v) is 3.36. The van der Waals surface area contributed by atoms with Gasteiger partial charge in [0.05, 0.1) is 6.54 Å². The quantitative estimate of drug-likeness (QED) is 0.863. The fourth-order valence-electron chi connectivity index (χ4n) is 2.15. The Balaban J connectivity index is 2.19. The van der Waals surface area contributed by atoms with Gasteiger partial charge in [-0.25, -0.2) is 0 Å². The van der Waals surface area contributed by atoms with Gasteiger partial charge in [-0.1, -0.05) is 62.4 Å². The van der Waals surface area contributed by atoms with E-state index in [1.807, 2.05) is 74.5 Å². The SMILES string of the molecule is CC(C)CNC(=O)C(=O)N(Cc1ccccc1)c1ccccc1. The van der Waals surface area contributed by atoms with Crippen LogP contribution >= 0.6 is 0 Å². The number of amides is 2. The third kappa shape index (κ3) is 4.95. The van der Waals surface area contributed by atoms with Crippen molar-refractivity contribution in [1.29, 1.82) is 0 Å². The van der Waals surface area contributed by atoms with E-state index in [2.05, 4.69) is 5.32 Å².